The highest BCUT2D eigenvalue weighted by Crippen LogP contribution is 2.18. The summed E-state index contributed by atoms with van der Waals surface area (Å²) in [6.07, 6.45) is 3.73. The van der Waals surface area contributed by atoms with Crippen LogP contribution in [0.15, 0.2) is 4.79 Å². The molecule has 1 fully saturated rings. The molecule has 0 spiro atoms. The Bertz CT molecular complexity index is 785. The van der Waals surface area contributed by atoms with Gasteiger partial charge in [0.2, 0.25) is 0 Å². The third-order valence-electron chi connectivity index (χ3n) is 4.88. The van der Waals surface area contributed by atoms with E-state index in [-0.39, 0.29) is 23.9 Å². The van der Waals surface area contributed by atoms with Gasteiger partial charge in [-0.05, 0) is 51.2 Å². The van der Waals surface area contributed by atoms with Crippen LogP contribution in [0.4, 0.5) is 0 Å². The number of ether oxygens (including phenoxy) is 1. The number of hydrogen-bond donors (Lipinski definition) is 2. The molecule has 0 radical (unpaired) electrons. The van der Waals surface area contributed by atoms with Crippen molar-refractivity contribution in [1.29, 1.82) is 5.26 Å². The van der Waals surface area contributed by atoms with Crippen molar-refractivity contribution in [3.63, 3.8) is 0 Å². The highest BCUT2D eigenvalue weighted by Gasteiger charge is 2.23. The van der Waals surface area contributed by atoms with Gasteiger partial charge in [-0.3, -0.25) is 14.4 Å². The quantitative estimate of drug-likeness (QED) is 0.752. The van der Waals surface area contributed by atoms with E-state index in [2.05, 4.69) is 10.3 Å². The average Bonchev–Trinajstić information content (AvgIpc) is 3.07. The first-order valence-corrected chi connectivity index (χ1v) is 8.95. The van der Waals surface area contributed by atoms with Crippen LogP contribution in [-0.4, -0.2) is 29.0 Å². The standard InChI is InChI=1S/C19H25N3O4/c1-11-15(12(2)21-19(25)16(11)10-20)8-9-17(23)26-13(3)18(24)22-14-6-4-5-7-14/h13-14H,4-9H2,1-3H3,(H,21,25)(H,22,24)/t13-/m0/s1. The zero-order valence-corrected chi connectivity index (χ0v) is 15.5. The lowest BCUT2D eigenvalue weighted by atomic mass is 9.99. The first kappa shape index (κ1) is 19.7. The number of carbonyl (C=O) groups excluding carboxylic acids is 2. The van der Waals surface area contributed by atoms with Gasteiger partial charge in [-0.2, -0.15) is 5.26 Å². The van der Waals surface area contributed by atoms with Gasteiger partial charge in [0.05, 0.1) is 0 Å². The van der Waals surface area contributed by atoms with Crippen molar-refractivity contribution in [2.75, 3.05) is 0 Å². The number of aromatic amines is 1. The molecule has 0 bridgehead atoms. The van der Waals surface area contributed by atoms with Gasteiger partial charge in [0, 0.05) is 18.2 Å². The molecule has 0 aliphatic heterocycles. The molecule has 1 heterocycles. The van der Waals surface area contributed by atoms with Crippen molar-refractivity contribution in [3.8, 4) is 6.07 Å². The molecule has 26 heavy (non-hydrogen) atoms. The van der Waals surface area contributed by atoms with E-state index in [9.17, 15) is 14.4 Å². The Labute approximate surface area is 152 Å². The number of hydrogen-bond acceptors (Lipinski definition) is 5. The third-order valence-corrected chi connectivity index (χ3v) is 4.88. The maximum absolute atomic E-state index is 12.1. The van der Waals surface area contributed by atoms with Crippen LogP contribution in [0.2, 0.25) is 0 Å². The van der Waals surface area contributed by atoms with E-state index in [0.29, 0.717) is 17.7 Å². The van der Waals surface area contributed by atoms with Gasteiger partial charge in [-0.15, -0.1) is 0 Å². The molecule has 140 valence electrons. The Morgan fingerprint density at radius 3 is 2.62 bits per heavy atom. The van der Waals surface area contributed by atoms with Crippen molar-refractivity contribution in [1.82, 2.24) is 10.3 Å². The van der Waals surface area contributed by atoms with Gasteiger partial charge in [-0.1, -0.05) is 12.8 Å². The van der Waals surface area contributed by atoms with Crippen LogP contribution in [0.3, 0.4) is 0 Å². The zero-order valence-electron chi connectivity index (χ0n) is 15.5. The number of rotatable bonds is 6. The van der Waals surface area contributed by atoms with Gasteiger partial charge < -0.3 is 15.0 Å². The van der Waals surface area contributed by atoms with Crippen molar-refractivity contribution in [3.05, 3.63) is 32.7 Å². The Morgan fingerprint density at radius 1 is 1.35 bits per heavy atom. The second-order valence-corrected chi connectivity index (χ2v) is 6.79. The zero-order chi connectivity index (χ0) is 19.3. The fourth-order valence-corrected chi connectivity index (χ4v) is 3.35. The van der Waals surface area contributed by atoms with Crippen LogP contribution in [0.25, 0.3) is 0 Å². The highest BCUT2D eigenvalue weighted by atomic mass is 16.5. The highest BCUT2D eigenvalue weighted by molar-refractivity contribution is 5.83. The minimum absolute atomic E-state index is 0.0586. The maximum atomic E-state index is 12.1. The molecule has 2 N–H and O–H groups in total. The van der Waals surface area contributed by atoms with Crippen molar-refractivity contribution in [2.24, 2.45) is 0 Å². The van der Waals surface area contributed by atoms with Crippen LogP contribution in [0.1, 0.15) is 61.4 Å². The number of nitrogens with one attached hydrogen (secondary N) is 2. The summed E-state index contributed by atoms with van der Waals surface area (Å²) in [5.41, 5.74) is 1.59. The van der Waals surface area contributed by atoms with Crippen molar-refractivity contribution < 1.29 is 14.3 Å². The van der Waals surface area contributed by atoms with Gasteiger partial charge in [0.15, 0.2) is 6.10 Å². The fraction of sp³-hybridized carbons (Fsp3) is 0.579. The third kappa shape index (κ3) is 4.72. The average molecular weight is 359 g/mol. The Morgan fingerprint density at radius 2 is 2.00 bits per heavy atom. The first-order chi connectivity index (χ1) is 12.3. The number of aromatic nitrogens is 1. The van der Waals surface area contributed by atoms with E-state index in [1.165, 1.54) is 0 Å². The summed E-state index contributed by atoms with van der Waals surface area (Å²) >= 11 is 0. The topological polar surface area (TPSA) is 112 Å². The van der Waals surface area contributed by atoms with E-state index >= 15 is 0 Å². The first-order valence-electron chi connectivity index (χ1n) is 8.95. The molecule has 7 heteroatoms. The van der Waals surface area contributed by atoms with Gasteiger partial charge in [0.25, 0.3) is 11.5 Å². The Kier molecular flexibility index (Phi) is 6.56. The van der Waals surface area contributed by atoms with Crippen molar-refractivity contribution >= 4 is 11.9 Å². The van der Waals surface area contributed by atoms with E-state index in [0.717, 1.165) is 31.2 Å². The van der Waals surface area contributed by atoms with Gasteiger partial charge in [-0.25, -0.2) is 0 Å². The van der Waals surface area contributed by atoms with Crippen LogP contribution in [0, 0.1) is 25.2 Å². The van der Waals surface area contributed by atoms with Gasteiger partial charge >= 0.3 is 5.97 Å². The van der Waals surface area contributed by atoms with Crippen LogP contribution in [-0.2, 0) is 20.7 Å². The Balaban J connectivity index is 1.91. The lowest BCUT2D eigenvalue weighted by molar-refractivity contribution is -0.155. The smallest absolute Gasteiger partial charge is 0.306 e. The van der Waals surface area contributed by atoms with E-state index in [4.69, 9.17) is 10.00 Å². The Hall–Kier alpha value is -2.62. The summed E-state index contributed by atoms with van der Waals surface area (Å²) in [6.45, 7) is 4.99. The second kappa shape index (κ2) is 8.65. The number of pyridine rings is 1. The SMILES string of the molecule is Cc1[nH]c(=O)c(C#N)c(C)c1CCC(=O)O[C@@H](C)C(=O)NC1CCCC1. The number of H-pyrrole nitrogens is 1. The molecule has 0 saturated heterocycles. The molecule has 1 amide bonds. The summed E-state index contributed by atoms with van der Waals surface area (Å²) in [6, 6.07) is 2.07. The summed E-state index contributed by atoms with van der Waals surface area (Å²) in [5, 5.41) is 12.0. The molecule has 2 rings (SSSR count). The molecule has 1 aliphatic rings. The molecule has 1 atom stereocenters. The van der Waals surface area contributed by atoms with Crippen LogP contribution < -0.4 is 10.9 Å². The van der Waals surface area contributed by atoms with E-state index < -0.39 is 17.6 Å². The summed E-state index contributed by atoms with van der Waals surface area (Å²) in [4.78, 5) is 38.5. The minimum Gasteiger partial charge on any atom is -0.453 e. The number of esters is 1. The number of amides is 1. The minimum atomic E-state index is -0.837. The predicted octanol–water partition coefficient (Wildman–Crippen LogP) is 1.79. The molecular formula is C19H25N3O4. The molecule has 1 saturated carbocycles. The molecular weight excluding hydrogens is 334 g/mol. The summed E-state index contributed by atoms with van der Waals surface area (Å²) in [5.74, 6) is -0.754. The van der Waals surface area contributed by atoms with E-state index in [1.54, 1.807) is 20.8 Å². The number of carbonyl (C=O) groups is 2. The monoisotopic (exact) mass is 359 g/mol. The van der Waals surface area contributed by atoms with Crippen LogP contribution in [0.5, 0.6) is 0 Å². The fourth-order valence-electron chi connectivity index (χ4n) is 3.35. The lowest BCUT2D eigenvalue weighted by Gasteiger charge is -2.17. The number of nitrogens with zero attached hydrogens (tertiary/aromatic N) is 1. The van der Waals surface area contributed by atoms with Crippen LogP contribution >= 0.6 is 0 Å². The predicted molar refractivity (Wildman–Crippen MR) is 95.5 cm³/mol. The normalized spacial score (nSPS) is 15.3. The largest absolute Gasteiger partial charge is 0.453 e. The molecule has 1 aromatic rings. The van der Waals surface area contributed by atoms with E-state index in [1.807, 2.05) is 6.07 Å². The number of aryl methyl sites for hydroxylation is 1. The van der Waals surface area contributed by atoms with Gasteiger partial charge in [0.1, 0.15) is 11.6 Å². The molecule has 0 unspecified atom stereocenters. The molecule has 1 aliphatic carbocycles. The van der Waals surface area contributed by atoms with Crippen molar-refractivity contribution in [2.45, 2.75) is 71.4 Å². The number of nitriles is 1. The maximum Gasteiger partial charge on any atom is 0.306 e. The molecule has 0 aromatic carbocycles. The molecule has 7 nitrogen and oxygen atoms in total. The molecule has 1 aromatic heterocycles. The summed E-state index contributed by atoms with van der Waals surface area (Å²) < 4.78 is 5.22. The lowest BCUT2D eigenvalue weighted by Crippen LogP contribution is -2.40. The summed E-state index contributed by atoms with van der Waals surface area (Å²) in [7, 11) is 0. The second-order valence-electron chi connectivity index (χ2n) is 6.79.